The van der Waals surface area contributed by atoms with Crippen LogP contribution in [0.15, 0.2) is 4.99 Å². The van der Waals surface area contributed by atoms with E-state index in [1.807, 2.05) is 20.8 Å². The number of nitrogens with zero attached hydrogens (tertiary/aromatic N) is 2. The monoisotopic (exact) mass is 298 g/mol. The minimum Gasteiger partial charge on any atom is -0.453 e. The van der Waals surface area contributed by atoms with E-state index in [4.69, 9.17) is 5.73 Å². The van der Waals surface area contributed by atoms with Gasteiger partial charge in [0.05, 0.1) is 12.6 Å². The molecule has 7 heteroatoms. The van der Waals surface area contributed by atoms with Crippen LogP contribution in [-0.2, 0) is 9.53 Å². The Kier molecular flexibility index (Phi) is 5.57. The first-order valence-electron chi connectivity index (χ1n) is 7.16. The number of hydrogen-bond donors (Lipinski definition) is 2. The molecule has 0 aromatic heterocycles. The van der Waals surface area contributed by atoms with Gasteiger partial charge in [0.2, 0.25) is 5.91 Å². The number of nitrogens with two attached hydrogens (primary N) is 1. The van der Waals surface area contributed by atoms with Gasteiger partial charge in [0.15, 0.2) is 0 Å². The van der Waals surface area contributed by atoms with E-state index in [0.717, 1.165) is 12.8 Å². The molecular formula is C14H26N4O3. The quantitative estimate of drug-likeness (QED) is 0.591. The Balaban J connectivity index is 3.00. The fourth-order valence-corrected chi connectivity index (χ4v) is 2.69. The normalized spacial score (nSPS) is 24.1. The first-order valence-corrected chi connectivity index (χ1v) is 7.16. The molecule has 0 bridgehead atoms. The summed E-state index contributed by atoms with van der Waals surface area (Å²) >= 11 is 0. The number of carbonyl (C=O) groups is 2. The molecule has 0 saturated carbocycles. The van der Waals surface area contributed by atoms with Gasteiger partial charge in [0, 0.05) is 13.6 Å². The molecule has 1 rings (SSSR count). The van der Waals surface area contributed by atoms with E-state index in [0.29, 0.717) is 12.4 Å². The van der Waals surface area contributed by atoms with Crippen LogP contribution in [0.4, 0.5) is 4.79 Å². The summed E-state index contributed by atoms with van der Waals surface area (Å²) in [5, 5.41) is 2.60. The van der Waals surface area contributed by atoms with Crippen LogP contribution in [0.2, 0.25) is 0 Å². The van der Waals surface area contributed by atoms with Crippen LogP contribution < -0.4 is 11.1 Å². The van der Waals surface area contributed by atoms with Crippen molar-refractivity contribution in [2.75, 3.05) is 20.7 Å². The largest absolute Gasteiger partial charge is 0.453 e. The smallest absolute Gasteiger partial charge is 0.407 e. The molecule has 0 unspecified atom stereocenters. The number of alkyl carbamates (subject to hydrolysis) is 1. The minimum absolute atomic E-state index is 0.0544. The number of hydrogen-bond acceptors (Lipinski definition) is 4. The highest BCUT2D eigenvalue weighted by atomic mass is 16.5. The molecule has 7 nitrogen and oxygen atoms in total. The van der Waals surface area contributed by atoms with Gasteiger partial charge in [0.1, 0.15) is 11.9 Å². The van der Waals surface area contributed by atoms with Crippen LogP contribution in [-0.4, -0.2) is 55.0 Å². The number of ether oxygens (including phenoxy) is 1. The average Bonchev–Trinajstić information content (AvgIpc) is 2.85. The maximum atomic E-state index is 12.8. The molecule has 120 valence electrons. The zero-order valence-electron chi connectivity index (χ0n) is 13.5. The molecule has 1 heterocycles. The van der Waals surface area contributed by atoms with Crippen molar-refractivity contribution in [2.45, 2.75) is 45.2 Å². The van der Waals surface area contributed by atoms with Gasteiger partial charge in [0.25, 0.3) is 0 Å². The summed E-state index contributed by atoms with van der Waals surface area (Å²) in [5.41, 5.74) is 5.40. The Morgan fingerprint density at radius 3 is 2.52 bits per heavy atom. The second-order valence-corrected chi connectivity index (χ2v) is 5.83. The molecule has 2 amide bonds. The van der Waals surface area contributed by atoms with E-state index in [1.165, 1.54) is 7.11 Å². The fourth-order valence-electron chi connectivity index (χ4n) is 2.69. The maximum absolute atomic E-state index is 12.8. The van der Waals surface area contributed by atoms with Crippen molar-refractivity contribution in [1.29, 1.82) is 0 Å². The lowest BCUT2D eigenvalue weighted by Crippen LogP contribution is -2.60. The maximum Gasteiger partial charge on any atom is 0.407 e. The standard InChI is InChI=1S/C14H26N4O3/c1-9(2)10(17-13(20)21-5)11(19)18-8-6-7-14(18,3)12(15)16-4/h9-10H,6-8H2,1-5H3,(H2,15,16)(H,17,20)/t10-,14-/m0/s1. The summed E-state index contributed by atoms with van der Waals surface area (Å²) in [4.78, 5) is 30.0. The van der Waals surface area contributed by atoms with Gasteiger partial charge in [-0.1, -0.05) is 13.8 Å². The predicted molar refractivity (Wildman–Crippen MR) is 81.1 cm³/mol. The van der Waals surface area contributed by atoms with Gasteiger partial charge >= 0.3 is 6.09 Å². The number of carbonyl (C=O) groups excluding carboxylic acids is 2. The number of nitrogens with one attached hydrogen (secondary N) is 1. The first-order chi connectivity index (χ1) is 9.77. The molecule has 1 fully saturated rings. The van der Waals surface area contributed by atoms with Crippen molar-refractivity contribution < 1.29 is 14.3 Å². The SMILES string of the molecule is CN=C(N)[C@]1(C)CCCN1C(=O)[C@@H](NC(=O)OC)C(C)C. The number of aliphatic imine (C=N–C) groups is 1. The highest BCUT2D eigenvalue weighted by Gasteiger charge is 2.45. The van der Waals surface area contributed by atoms with E-state index in [-0.39, 0.29) is 11.8 Å². The van der Waals surface area contributed by atoms with Crippen molar-refractivity contribution in [3.8, 4) is 0 Å². The predicted octanol–water partition coefficient (Wildman–Crippen LogP) is 0.735. The summed E-state index contributed by atoms with van der Waals surface area (Å²) in [5.74, 6) is 0.233. The van der Waals surface area contributed by atoms with Gasteiger partial charge in [-0.2, -0.15) is 0 Å². The first kappa shape index (κ1) is 17.3. The molecule has 3 N–H and O–H groups in total. The molecule has 1 aliphatic rings. The Hall–Kier alpha value is -1.79. The van der Waals surface area contributed by atoms with Crippen LogP contribution >= 0.6 is 0 Å². The number of likely N-dealkylation sites (tertiary alicyclic amines) is 1. The number of rotatable bonds is 4. The van der Waals surface area contributed by atoms with Gasteiger partial charge in [-0.05, 0) is 25.7 Å². The molecule has 2 atom stereocenters. The lowest BCUT2D eigenvalue weighted by Gasteiger charge is -2.37. The van der Waals surface area contributed by atoms with Gasteiger partial charge in [-0.25, -0.2) is 4.79 Å². The van der Waals surface area contributed by atoms with Crippen molar-refractivity contribution in [1.82, 2.24) is 10.2 Å². The number of amides is 2. The summed E-state index contributed by atoms with van der Waals surface area (Å²) < 4.78 is 4.60. The van der Waals surface area contributed by atoms with Crippen LogP contribution in [0.5, 0.6) is 0 Å². The Bertz CT molecular complexity index is 436. The molecule has 0 aromatic carbocycles. The number of methoxy groups -OCH3 is 1. The average molecular weight is 298 g/mol. The second-order valence-electron chi connectivity index (χ2n) is 5.83. The van der Waals surface area contributed by atoms with E-state index < -0.39 is 17.7 Å². The molecule has 1 saturated heterocycles. The summed E-state index contributed by atoms with van der Waals surface area (Å²) in [6, 6.07) is -0.639. The highest BCUT2D eigenvalue weighted by Crippen LogP contribution is 2.30. The fraction of sp³-hybridized carbons (Fsp3) is 0.786. The molecule has 21 heavy (non-hydrogen) atoms. The van der Waals surface area contributed by atoms with Gasteiger partial charge in [-0.3, -0.25) is 9.79 Å². The molecule has 1 aliphatic heterocycles. The zero-order valence-corrected chi connectivity index (χ0v) is 13.5. The van der Waals surface area contributed by atoms with Crippen molar-refractivity contribution in [3.05, 3.63) is 0 Å². The van der Waals surface area contributed by atoms with E-state index in [2.05, 4.69) is 15.0 Å². The Labute approximate surface area is 125 Å². The highest BCUT2D eigenvalue weighted by molar-refractivity contribution is 5.96. The minimum atomic E-state index is -0.639. The molecular weight excluding hydrogens is 272 g/mol. The second kappa shape index (κ2) is 6.78. The van der Waals surface area contributed by atoms with E-state index in [9.17, 15) is 9.59 Å². The molecule has 0 aromatic rings. The Morgan fingerprint density at radius 2 is 2.05 bits per heavy atom. The van der Waals surface area contributed by atoms with Crippen molar-refractivity contribution in [2.24, 2.45) is 16.6 Å². The third-order valence-electron chi connectivity index (χ3n) is 4.09. The van der Waals surface area contributed by atoms with Crippen LogP contribution in [0.3, 0.4) is 0 Å². The van der Waals surface area contributed by atoms with Crippen LogP contribution in [0.25, 0.3) is 0 Å². The Morgan fingerprint density at radius 1 is 1.43 bits per heavy atom. The lowest BCUT2D eigenvalue weighted by molar-refractivity contribution is -0.136. The third kappa shape index (κ3) is 3.46. The van der Waals surface area contributed by atoms with Crippen LogP contribution in [0, 0.1) is 5.92 Å². The topological polar surface area (TPSA) is 97.0 Å². The third-order valence-corrected chi connectivity index (χ3v) is 4.09. The summed E-state index contributed by atoms with van der Waals surface area (Å²) in [6.07, 6.45) is 1.02. The van der Waals surface area contributed by atoms with Crippen LogP contribution in [0.1, 0.15) is 33.6 Å². The van der Waals surface area contributed by atoms with E-state index in [1.54, 1.807) is 11.9 Å². The summed E-state index contributed by atoms with van der Waals surface area (Å²) in [6.45, 7) is 6.28. The van der Waals surface area contributed by atoms with E-state index >= 15 is 0 Å². The lowest BCUT2D eigenvalue weighted by atomic mass is 9.95. The zero-order chi connectivity index (χ0) is 16.2. The van der Waals surface area contributed by atoms with Gasteiger partial charge < -0.3 is 20.7 Å². The summed E-state index contributed by atoms with van der Waals surface area (Å²) in [7, 11) is 2.90. The van der Waals surface area contributed by atoms with Crippen molar-refractivity contribution >= 4 is 17.8 Å². The molecule has 0 spiro atoms. The van der Waals surface area contributed by atoms with Gasteiger partial charge in [-0.15, -0.1) is 0 Å². The van der Waals surface area contributed by atoms with Crippen molar-refractivity contribution in [3.63, 3.8) is 0 Å². The number of amidine groups is 1. The molecule has 0 radical (unpaired) electrons. The molecule has 0 aliphatic carbocycles.